The molecule has 2 heterocycles. The summed E-state index contributed by atoms with van der Waals surface area (Å²) >= 11 is 11.3. The molecule has 1 fully saturated rings. The summed E-state index contributed by atoms with van der Waals surface area (Å²) in [5.74, 6) is 0.0748. The molecule has 0 aliphatic carbocycles. The molecule has 0 saturated carbocycles. The third kappa shape index (κ3) is 5.42. The van der Waals surface area contributed by atoms with Crippen molar-refractivity contribution < 1.29 is 13.9 Å². The van der Waals surface area contributed by atoms with Gasteiger partial charge in [0.05, 0.1) is 19.3 Å². The number of ether oxygens (including phenoxy) is 1. The van der Waals surface area contributed by atoms with Gasteiger partial charge < -0.3 is 10.1 Å². The lowest BCUT2D eigenvalue weighted by Gasteiger charge is -2.35. The smallest absolute Gasteiger partial charge is 0.240 e. The van der Waals surface area contributed by atoms with Crippen LogP contribution in [0.2, 0.25) is 5.02 Å². The monoisotopic (exact) mass is 475 g/mol. The number of halogens is 2. The van der Waals surface area contributed by atoms with Crippen molar-refractivity contribution in [1.82, 2.24) is 25.0 Å². The number of hydrogen-bond acceptors (Lipinski definition) is 5. The van der Waals surface area contributed by atoms with E-state index in [0.29, 0.717) is 35.4 Å². The summed E-state index contributed by atoms with van der Waals surface area (Å²) in [6.07, 6.45) is 0. The lowest BCUT2D eigenvalue weighted by molar-refractivity contribution is -0.122. The van der Waals surface area contributed by atoms with Crippen LogP contribution in [0.3, 0.4) is 0 Å². The van der Waals surface area contributed by atoms with Gasteiger partial charge >= 0.3 is 0 Å². The SMILES string of the molecule is O=C(Cn1c(-c2ccc(Cl)cc2)n[nH]c1=S)NCC(c1ccc(F)cc1)N1CCOCC1. The Hall–Kier alpha value is -2.59. The molecule has 1 saturated heterocycles. The number of aromatic nitrogens is 3. The van der Waals surface area contributed by atoms with Crippen LogP contribution in [-0.2, 0) is 16.1 Å². The molecule has 0 spiro atoms. The second-order valence-electron chi connectivity index (χ2n) is 7.47. The van der Waals surface area contributed by atoms with E-state index in [9.17, 15) is 9.18 Å². The summed E-state index contributed by atoms with van der Waals surface area (Å²) in [6.45, 7) is 3.13. The number of H-pyrrole nitrogens is 1. The first-order valence-electron chi connectivity index (χ1n) is 10.3. The average molecular weight is 476 g/mol. The zero-order chi connectivity index (χ0) is 22.5. The highest BCUT2D eigenvalue weighted by Crippen LogP contribution is 2.22. The van der Waals surface area contributed by atoms with Crippen molar-refractivity contribution in [2.24, 2.45) is 0 Å². The van der Waals surface area contributed by atoms with E-state index < -0.39 is 0 Å². The number of hydrogen-bond donors (Lipinski definition) is 2. The van der Waals surface area contributed by atoms with Gasteiger partial charge in [0, 0.05) is 30.2 Å². The largest absolute Gasteiger partial charge is 0.379 e. The van der Waals surface area contributed by atoms with E-state index in [1.54, 1.807) is 28.8 Å². The number of benzene rings is 2. The Morgan fingerprint density at radius 1 is 1.19 bits per heavy atom. The van der Waals surface area contributed by atoms with Crippen molar-refractivity contribution in [3.8, 4) is 11.4 Å². The molecule has 1 amide bonds. The average Bonchev–Trinajstić information content (AvgIpc) is 3.16. The molecule has 10 heteroatoms. The minimum atomic E-state index is -0.289. The molecular weight excluding hydrogens is 453 g/mol. The Kier molecular flexibility index (Phi) is 7.31. The number of nitrogens with zero attached hydrogens (tertiary/aromatic N) is 3. The molecule has 1 aromatic heterocycles. The number of carbonyl (C=O) groups excluding carboxylic acids is 1. The Bertz CT molecular complexity index is 1110. The topological polar surface area (TPSA) is 75.2 Å². The lowest BCUT2D eigenvalue weighted by Crippen LogP contribution is -2.44. The normalized spacial score (nSPS) is 15.4. The fourth-order valence-electron chi connectivity index (χ4n) is 3.73. The Balaban J connectivity index is 1.47. The molecule has 1 atom stereocenters. The van der Waals surface area contributed by atoms with Gasteiger partial charge in [0.2, 0.25) is 5.91 Å². The molecular formula is C22H23ClFN5O2S. The maximum Gasteiger partial charge on any atom is 0.240 e. The van der Waals surface area contributed by atoms with Crippen molar-refractivity contribution in [3.05, 3.63) is 69.7 Å². The third-order valence-electron chi connectivity index (χ3n) is 5.40. The van der Waals surface area contributed by atoms with Gasteiger partial charge in [-0.15, -0.1) is 0 Å². The van der Waals surface area contributed by atoms with Crippen LogP contribution >= 0.6 is 23.8 Å². The minimum Gasteiger partial charge on any atom is -0.379 e. The summed E-state index contributed by atoms with van der Waals surface area (Å²) < 4.78 is 20.9. The standard InChI is InChI=1S/C22H23ClFN5O2S/c23-17-5-1-16(2-6-17)21-26-27-22(32)29(21)14-20(30)25-13-19(28-9-11-31-12-10-28)15-3-7-18(24)8-4-15/h1-8,19H,9-14H2,(H,25,30)(H,27,32). The van der Waals surface area contributed by atoms with E-state index in [0.717, 1.165) is 24.2 Å². The summed E-state index contributed by atoms with van der Waals surface area (Å²) in [5.41, 5.74) is 1.74. The second-order valence-corrected chi connectivity index (χ2v) is 8.29. The maximum absolute atomic E-state index is 13.4. The molecule has 32 heavy (non-hydrogen) atoms. The van der Waals surface area contributed by atoms with Crippen molar-refractivity contribution in [2.45, 2.75) is 12.6 Å². The van der Waals surface area contributed by atoms with Gasteiger partial charge in [0.15, 0.2) is 10.6 Å². The molecule has 0 radical (unpaired) electrons. The fraction of sp³-hybridized carbons (Fsp3) is 0.318. The summed E-state index contributed by atoms with van der Waals surface area (Å²) in [7, 11) is 0. The van der Waals surface area contributed by atoms with E-state index in [4.69, 9.17) is 28.6 Å². The van der Waals surface area contributed by atoms with E-state index in [1.165, 1.54) is 12.1 Å². The van der Waals surface area contributed by atoms with Gasteiger partial charge in [-0.25, -0.2) is 4.39 Å². The summed E-state index contributed by atoms with van der Waals surface area (Å²) in [5, 5.41) is 10.6. The zero-order valence-electron chi connectivity index (χ0n) is 17.3. The third-order valence-corrected chi connectivity index (χ3v) is 5.96. The van der Waals surface area contributed by atoms with Gasteiger partial charge in [-0.2, -0.15) is 5.10 Å². The molecule has 2 N–H and O–H groups in total. The Labute approximate surface area is 195 Å². The lowest BCUT2D eigenvalue weighted by atomic mass is 10.0. The Morgan fingerprint density at radius 2 is 1.88 bits per heavy atom. The summed E-state index contributed by atoms with van der Waals surface area (Å²) in [4.78, 5) is 15.1. The number of rotatable bonds is 7. The molecule has 0 bridgehead atoms. The minimum absolute atomic E-state index is 0.0204. The highest BCUT2D eigenvalue weighted by Gasteiger charge is 2.23. The predicted octanol–water partition coefficient (Wildman–Crippen LogP) is 3.59. The van der Waals surface area contributed by atoms with Gasteiger partial charge in [0.25, 0.3) is 0 Å². The van der Waals surface area contributed by atoms with Crippen LogP contribution in [0, 0.1) is 10.6 Å². The van der Waals surface area contributed by atoms with E-state index in [-0.39, 0.29) is 24.3 Å². The van der Waals surface area contributed by atoms with E-state index in [2.05, 4.69) is 20.4 Å². The molecule has 1 unspecified atom stereocenters. The molecule has 7 nitrogen and oxygen atoms in total. The molecule has 4 rings (SSSR count). The summed E-state index contributed by atoms with van der Waals surface area (Å²) in [6, 6.07) is 13.5. The van der Waals surface area contributed by atoms with Gasteiger partial charge in [0.1, 0.15) is 12.4 Å². The first-order chi connectivity index (χ1) is 15.5. The van der Waals surface area contributed by atoms with Crippen molar-refractivity contribution in [1.29, 1.82) is 0 Å². The number of carbonyl (C=O) groups is 1. The number of aromatic amines is 1. The van der Waals surface area contributed by atoms with Crippen LogP contribution < -0.4 is 5.32 Å². The molecule has 2 aromatic carbocycles. The zero-order valence-corrected chi connectivity index (χ0v) is 18.8. The number of nitrogens with one attached hydrogen (secondary N) is 2. The quantitative estimate of drug-likeness (QED) is 0.511. The molecule has 3 aromatic rings. The van der Waals surface area contributed by atoms with Gasteiger partial charge in [-0.1, -0.05) is 23.7 Å². The molecule has 1 aliphatic rings. The van der Waals surface area contributed by atoms with Gasteiger partial charge in [-0.05, 0) is 54.2 Å². The van der Waals surface area contributed by atoms with Crippen LogP contribution in [0.25, 0.3) is 11.4 Å². The van der Waals surface area contributed by atoms with Crippen LogP contribution in [0.5, 0.6) is 0 Å². The molecule has 168 valence electrons. The van der Waals surface area contributed by atoms with Crippen LogP contribution in [0.4, 0.5) is 4.39 Å². The van der Waals surface area contributed by atoms with E-state index in [1.807, 2.05) is 12.1 Å². The first-order valence-corrected chi connectivity index (χ1v) is 11.0. The maximum atomic E-state index is 13.4. The number of morpholine rings is 1. The van der Waals surface area contributed by atoms with Crippen molar-refractivity contribution in [3.63, 3.8) is 0 Å². The van der Waals surface area contributed by atoms with Gasteiger partial charge in [-0.3, -0.25) is 19.4 Å². The van der Waals surface area contributed by atoms with Crippen LogP contribution in [0.1, 0.15) is 11.6 Å². The highest BCUT2D eigenvalue weighted by atomic mass is 35.5. The van der Waals surface area contributed by atoms with Crippen molar-refractivity contribution in [2.75, 3.05) is 32.8 Å². The Morgan fingerprint density at radius 3 is 2.56 bits per heavy atom. The second kappa shape index (κ2) is 10.4. The number of amides is 1. The molecule has 1 aliphatic heterocycles. The predicted molar refractivity (Wildman–Crippen MR) is 122 cm³/mol. The van der Waals surface area contributed by atoms with E-state index >= 15 is 0 Å². The van der Waals surface area contributed by atoms with Crippen molar-refractivity contribution >= 4 is 29.7 Å². The van der Waals surface area contributed by atoms with Crippen LogP contribution in [-0.4, -0.2) is 58.4 Å². The first kappa shape index (κ1) is 22.6. The fourth-order valence-corrected chi connectivity index (χ4v) is 4.05. The highest BCUT2D eigenvalue weighted by molar-refractivity contribution is 7.71. The van der Waals surface area contributed by atoms with Crippen LogP contribution in [0.15, 0.2) is 48.5 Å².